The average molecular weight is 375 g/mol. The van der Waals surface area contributed by atoms with Crippen molar-refractivity contribution in [3.05, 3.63) is 59.4 Å². The van der Waals surface area contributed by atoms with Crippen molar-refractivity contribution in [2.45, 2.75) is 25.4 Å². The number of nitrogens with zero attached hydrogens (tertiary/aromatic N) is 2. The second-order valence-corrected chi connectivity index (χ2v) is 6.29. The van der Waals surface area contributed by atoms with Crippen molar-refractivity contribution >= 4 is 11.8 Å². The highest BCUT2D eigenvalue weighted by molar-refractivity contribution is 5.95. The smallest absolute Gasteiger partial charge is 0.257 e. The summed E-state index contributed by atoms with van der Waals surface area (Å²) in [5.74, 6) is -3.21. The fraction of sp³-hybridized carbons (Fsp3) is 0.316. The maximum atomic E-state index is 14.6. The summed E-state index contributed by atoms with van der Waals surface area (Å²) in [7, 11) is 1.14. The number of carbonyl (C=O) groups excluding carboxylic acids is 2. The van der Waals surface area contributed by atoms with Gasteiger partial charge in [-0.15, -0.1) is 0 Å². The van der Waals surface area contributed by atoms with Crippen molar-refractivity contribution in [1.82, 2.24) is 15.2 Å². The van der Waals surface area contributed by atoms with Gasteiger partial charge in [0.25, 0.3) is 5.91 Å². The summed E-state index contributed by atoms with van der Waals surface area (Å²) < 4.78 is 33.0. The molecule has 1 N–H and O–H groups in total. The molecule has 6 nitrogen and oxygen atoms in total. The average Bonchev–Trinajstić information content (AvgIpc) is 3.07. The van der Waals surface area contributed by atoms with Gasteiger partial charge in [0.2, 0.25) is 5.91 Å². The van der Waals surface area contributed by atoms with Gasteiger partial charge < -0.3 is 15.0 Å². The minimum atomic E-state index is -1.04. The minimum Gasteiger partial charge on any atom is -0.491 e. The van der Waals surface area contributed by atoms with Crippen LogP contribution in [0.4, 0.5) is 8.78 Å². The number of benzene rings is 1. The predicted molar refractivity (Wildman–Crippen MR) is 93.1 cm³/mol. The van der Waals surface area contributed by atoms with Crippen LogP contribution in [0.3, 0.4) is 0 Å². The van der Waals surface area contributed by atoms with Crippen LogP contribution in [0.5, 0.6) is 5.75 Å². The van der Waals surface area contributed by atoms with Crippen LogP contribution < -0.4 is 10.1 Å². The van der Waals surface area contributed by atoms with E-state index in [0.717, 1.165) is 24.8 Å². The second-order valence-electron chi connectivity index (χ2n) is 6.29. The molecule has 27 heavy (non-hydrogen) atoms. The first kappa shape index (κ1) is 18.8. The topological polar surface area (TPSA) is 71.5 Å². The number of hydrogen-bond acceptors (Lipinski definition) is 4. The Morgan fingerprint density at radius 2 is 2.04 bits per heavy atom. The van der Waals surface area contributed by atoms with Gasteiger partial charge in [-0.1, -0.05) is 0 Å². The van der Waals surface area contributed by atoms with Crippen LogP contribution in [0.15, 0.2) is 36.7 Å². The third-order valence-electron chi connectivity index (χ3n) is 4.42. The maximum Gasteiger partial charge on any atom is 0.257 e. The van der Waals surface area contributed by atoms with Gasteiger partial charge in [-0.25, -0.2) is 8.78 Å². The van der Waals surface area contributed by atoms with E-state index in [4.69, 9.17) is 4.74 Å². The van der Waals surface area contributed by atoms with Crippen molar-refractivity contribution in [2.24, 2.45) is 0 Å². The largest absolute Gasteiger partial charge is 0.491 e. The van der Waals surface area contributed by atoms with E-state index in [9.17, 15) is 18.4 Å². The van der Waals surface area contributed by atoms with Gasteiger partial charge in [-0.05, 0) is 36.2 Å². The molecule has 0 spiro atoms. The Balaban J connectivity index is 1.89. The van der Waals surface area contributed by atoms with E-state index in [2.05, 4.69) is 10.3 Å². The van der Waals surface area contributed by atoms with Crippen molar-refractivity contribution in [3.8, 4) is 5.75 Å². The number of nitrogens with one attached hydrogen (secondary N) is 1. The van der Waals surface area contributed by atoms with E-state index in [1.54, 1.807) is 24.5 Å². The molecule has 8 heteroatoms. The van der Waals surface area contributed by atoms with Crippen LogP contribution in [0, 0.1) is 11.6 Å². The Bertz CT molecular complexity index is 846. The fourth-order valence-electron chi connectivity index (χ4n) is 3.06. The number of aromatic nitrogens is 1. The summed E-state index contributed by atoms with van der Waals surface area (Å²) >= 11 is 0. The van der Waals surface area contributed by atoms with Crippen LogP contribution in [0.1, 0.15) is 28.8 Å². The molecule has 1 aliphatic rings. The molecule has 1 aromatic carbocycles. The van der Waals surface area contributed by atoms with Crippen LogP contribution >= 0.6 is 0 Å². The molecule has 1 saturated heterocycles. The van der Waals surface area contributed by atoms with E-state index in [1.807, 2.05) is 0 Å². The van der Waals surface area contributed by atoms with Gasteiger partial charge in [0, 0.05) is 37.9 Å². The first-order valence-electron chi connectivity index (χ1n) is 8.49. The molecule has 2 aromatic rings. The van der Waals surface area contributed by atoms with Crippen molar-refractivity contribution in [1.29, 1.82) is 0 Å². The number of hydrogen-bond donors (Lipinski definition) is 1. The maximum absolute atomic E-state index is 14.6. The van der Waals surface area contributed by atoms with Gasteiger partial charge >= 0.3 is 0 Å². The number of ether oxygens (including phenoxy) is 1. The third kappa shape index (κ3) is 4.21. The number of pyridine rings is 1. The molecule has 0 aliphatic carbocycles. The standard InChI is InChI=1S/C19H19F2N3O3/c1-27-18-15(20)4-3-14(17(18)21)19(26)24(10-12-6-8-22-9-7-12)11-13-2-5-16(25)23-13/h3-4,6-9,13H,2,5,10-11H2,1H3,(H,23,25)/t13-/m0/s1. The lowest BCUT2D eigenvalue weighted by molar-refractivity contribution is -0.119. The second kappa shape index (κ2) is 8.11. The zero-order valence-electron chi connectivity index (χ0n) is 14.7. The Hall–Kier alpha value is -3.03. The lowest BCUT2D eigenvalue weighted by Crippen LogP contribution is -2.41. The highest BCUT2D eigenvalue weighted by atomic mass is 19.1. The molecule has 1 aliphatic heterocycles. The highest BCUT2D eigenvalue weighted by Gasteiger charge is 2.28. The van der Waals surface area contributed by atoms with Crippen LogP contribution in [0.25, 0.3) is 0 Å². The summed E-state index contributed by atoms with van der Waals surface area (Å²) in [4.78, 5) is 29.8. The number of rotatable bonds is 6. The Morgan fingerprint density at radius 1 is 1.30 bits per heavy atom. The monoisotopic (exact) mass is 375 g/mol. The van der Waals surface area contributed by atoms with E-state index in [-0.39, 0.29) is 30.6 Å². The van der Waals surface area contributed by atoms with Crippen molar-refractivity contribution < 1.29 is 23.1 Å². The Morgan fingerprint density at radius 3 is 2.67 bits per heavy atom. The van der Waals surface area contributed by atoms with Gasteiger partial charge in [0.05, 0.1) is 12.7 Å². The summed E-state index contributed by atoms with van der Waals surface area (Å²) in [5, 5.41) is 2.80. The SMILES string of the molecule is COc1c(F)ccc(C(=O)N(Cc2ccncc2)C[C@@H]2CCC(=O)N2)c1F. The highest BCUT2D eigenvalue weighted by Crippen LogP contribution is 2.26. The quantitative estimate of drug-likeness (QED) is 0.841. The molecule has 1 aromatic heterocycles. The first-order chi connectivity index (χ1) is 13.0. The minimum absolute atomic E-state index is 0.0778. The first-order valence-corrected chi connectivity index (χ1v) is 8.49. The van der Waals surface area contributed by atoms with E-state index < -0.39 is 23.3 Å². The van der Waals surface area contributed by atoms with Gasteiger partial charge in [0.15, 0.2) is 17.4 Å². The molecule has 142 valence electrons. The summed E-state index contributed by atoms with van der Waals surface area (Å²) in [6, 6.07) is 5.37. The molecule has 0 unspecified atom stereocenters. The summed E-state index contributed by atoms with van der Waals surface area (Å²) in [5.41, 5.74) is 0.517. The number of methoxy groups -OCH3 is 1. The van der Waals surface area contributed by atoms with Crippen LogP contribution in [-0.4, -0.2) is 41.4 Å². The molecular weight excluding hydrogens is 356 g/mol. The molecule has 0 radical (unpaired) electrons. The van der Waals surface area contributed by atoms with E-state index in [1.165, 1.54) is 4.90 Å². The molecule has 1 atom stereocenters. The summed E-state index contributed by atoms with van der Waals surface area (Å²) in [6.45, 7) is 0.416. The number of amides is 2. The van der Waals surface area contributed by atoms with Crippen molar-refractivity contribution in [3.63, 3.8) is 0 Å². The lowest BCUT2D eigenvalue weighted by Gasteiger charge is -2.26. The number of carbonyl (C=O) groups is 2. The number of halogens is 2. The molecule has 0 bridgehead atoms. The van der Waals surface area contributed by atoms with Gasteiger partial charge in [0.1, 0.15) is 0 Å². The predicted octanol–water partition coefficient (Wildman–Crippen LogP) is 2.29. The van der Waals surface area contributed by atoms with E-state index in [0.29, 0.717) is 12.8 Å². The molecule has 0 saturated carbocycles. The molecular formula is C19H19F2N3O3. The zero-order valence-corrected chi connectivity index (χ0v) is 14.7. The summed E-state index contributed by atoms with van der Waals surface area (Å²) in [6.07, 6.45) is 4.17. The normalized spacial score (nSPS) is 16.1. The lowest BCUT2D eigenvalue weighted by atomic mass is 10.1. The van der Waals surface area contributed by atoms with Crippen molar-refractivity contribution in [2.75, 3.05) is 13.7 Å². The Labute approximate surface area is 155 Å². The molecule has 3 rings (SSSR count). The van der Waals surface area contributed by atoms with Crippen LogP contribution in [-0.2, 0) is 11.3 Å². The van der Waals surface area contributed by atoms with Gasteiger partial charge in [-0.2, -0.15) is 0 Å². The van der Waals surface area contributed by atoms with Gasteiger partial charge in [-0.3, -0.25) is 14.6 Å². The molecule has 2 amide bonds. The molecule has 2 heterocycles. The fourth-order valence-corrected chi connectivity index (χ4v) is 3.06. The molecule has 1 fully saturated rings. The third-order valence-corrected chi connectivity index (χ3v) is 4.42. The van der Waals surface area contributed by atoms with Crippen LogP contribution in [0.2, 0.25) is 0 Å². The Kier molecular flexibility index (Phi) is 5.63. The zero-order chi connectivity index (χ0) is 19.4. The van der Waals surface area contributed by atoms with E-state index >= 15 is 0 Å².